The number of ether oxygens (including phenoxy) is 1. The monoisotopic (exact) mass is 835 g/mol. The van der Waals surface area contributed by atoms with Crippen LogP contribution in [0.2, 0.25) is 0 Å². The molecule has 68 heavy (non-hydrogen) atoms. The zero-order valence-electron chi connectivity index (χ0n) is 34.8. The summed E-state index contributed by atoms with van der Waals surface area (Å²) in [7, 11) is 0. The summed E-state index contributed by atoms with van der Waals surface area (Å²) in [5.74, 6) is -0.0538. The Bertz CT molecular complexity index is 6950. The van der Waals surface area contributed by atoms with Gasteiger partial charge < -0.3 is 10.1 Å². The van der Waals surface area contributed by atoms with Crippen LogP contribution in [-0.4, -0.2) is 25.2 Å². The van der Waals surface area contributed by atoms with Crippen molar-refractivity contribution in [1.82, 2.24) is 5.32 Å². The molecule has 28 aromatic rings. The van der Waals surface area contributed by atoms with Crippen LogP contribution in [-0.2, 0) is 20.4 Å². The van der Waals surface area contributed by atoms with E-state index in [1.54, 1.807) is 280 Å². The first-order chi connectivity index (χ1) is 33.8. The topological polar surface area (TPSA) is 38.3 Å². The van der Waals surface area contributed by atoms with Gasteiger partial charge in [-0.1, -0.05) is 0 Å². The van der Waals surface area contributed by atoms with Gasteiger partial charge in [-0.2, -0.15) is 0 Å². The number of carbonyl (C=O) groups excluding carboxylic acids is 1. The highest BCUT2D eigenvalue weighted by Gasteiger charge is 2.76. The fourth-order valence-electron chi connectivity index (χ4n) is 25.2. The maximum Gasteiger partial charge on any atom is 0.324 e. The van der Waals surface area contributed by atoms with Crippen LogP contribution >= 0.6 is 0 Å². The SMILES string of the molecule is CCOC(=O)C1NCC23c4c5c6c7c8c9c(c%10c%11c2c2c4c4c%12c5c5c6c6c8c8c%13c9c9c%10c%10c%11c%11c2c2c4c4c%12c%12c5c5c6c8c6c8c%13c9c9c%10c%10c%11c2c2c4c4c%12c5c6c5c8c9c%10c2c45)C713. The average Bonchev–Trinajstić information content (AvgIpc) is 4.27. The number of carbonyl (C=O) groups is 1. The van der Waals surface area contributed by atoms with Gasteiger partial charge in [0.25, 0.3) is 0 Å². The smallest absolute Gasteiger partial charge is 0.324 e. The van der Waals surface area contributed by atoms with Crippen LogP contribution in [0.3, 0.4) is 0 Å². The summed E-state index contributed by atoms with van der Waals surface area (Å²) < 4.78 is 6.47. The predicted octanol–water partition coefficient (Wildman–Crippen LogP) is 15.8. The zero-order chi connectivity index (χ0) is 40.5. The molecule has 1 unspecified atom stereocenters. The third-order valence-corrected chi connectivity index (χ3v) is 25.1. The Morgan fingerprint density at radius 3 is 0.691 bits per heavy atom. The Kier molecular flexibility index (Phi) is 2.07. The summed E-state index contributed by atoms with van der Waals surface area (Å²) in [6, 6.07) is -0.502. The minimum atomic E-state index is -0.648. The van der Waals surface area contributed by atoms with Crippen LogP contribution in [0.15, 0.2) is 0 Å². The third-order valence-electron chi connectivity index (χ3n) is 25.1. The van der Waals surface area contributed by atoms with Gasteiger partial charge in [-0.25, -0.2) is 0 Å². The van der Waals surface area contributed by atoms with E-state index in [0.717, 1.165) is 6.54 Å². The van der Waals surface area contributed by atoms with Crippen molar-refractivity contribution in [3.63, 3.8) is 0 Å². The van der Waals surface area contributed by atoms with Gasteiger partial charge in [0.05, 0.1) is 17.4 Å². The lowest BCUT2D eigenvalue weighted by Crippen LogP contribution is -2.57. The summed E-state index contributed by atoms with van der Waals surface area (Å²) in [6.07, 6.45) is 0. The molecule has 28 aromatic carbocycles. The fraction of sp³-hybridized carbons (Fsp3) is 0.0923. The molecule has 3 heteroatoms. The van der Waals surface area contributed by atoms with Crippen molar-refractivity contribution in [2.45, 2.75) is 23.8 Å². The standard InChI is InChI=1S/C65H9NO2/c1-2-68-63(67)62-65-60-54-48-38-26-18-10-6-4-5-8-12(10)20(26)30-24-16(8)17-9(5)13-11-7(4)15-14(6)22-28(18)36-42-32(22)33-23(15)29-19(11)27-21(13)31-25(17)35-34(24)46(40(30)48)56(60)57-47(35)41(31)49-39(27)45-37(29)43(33)51-50(42)58(52(54)44(36)38)64(65,3-66-62)59(51)53(45)55(49)61(57)65/h62,66H,2-3H2,1H3. The van der Waals surface area contributed by atoms with Gasteiger partial charge in [-0.15, -0.1) is 0 Å². The Hall–Kier alpha value is -8.11. The Morgan fingerprint density at radius 1 is 0.324 bits per heavy atom. The average molecular weight is 836 g/mol. The second-order valence-electron chi connectivity index (χ2n) is 25.0. The van der Waals surface area contributed by atoms with Gasteiger partial charge in [0.15, 0.2) is 0 Å². The molecule has 0 aromatic heterocycles. The highest BCUT2D eigenvalue weighted by Crippen LogP contribution is 2.85. The zero-order valence-corrected chi connectivity index (χ0v) is 34.8. The van der Waals surface area contributed by atoms with Gasteiger partial charge in [0.1, 0.15) is 6.04 Å². The number of rotatable bonds is 2. The van der Waals surface area contributed by atoms with Crippen molar-refractivity contribution in [2.24, 2.45) is 0 Å². The van der Waals surface area contributed by atoms with Crippen LogP contribution in [0.4, 0.5) is 0 Å². The van der Waals surface area contributed by atoms with Crippen molar-refractivity contribution in [3.8, 4) is 0 Å². The van der Waals surface area contributed by atoms with Crippen molar-refractivity contribution in [2.75, 3.05) is 13.2 Å². The van der Waals surface area contributed by atoms with E-state index < -0.39 is 16.9 Å². The van der Waals surface area contributed by atoms with Crippen LogP contribution in [0.25, 0.3) is 291 Å². The van der Waals surface area contributed by atoms with Crippen LogP contribution in [0.5, 0.6) is 0 Å². The van der Waals surface area contributed by atoms with E-state index in [4.69, 9.17) is 4.74 Å². The maximum absolute atomic E-state index is 15.7. The molecule has 4 aliphatic carbocycles. The van der Waals surface area contributed by atoms with E-state index >= 15 is 4.79 Å². The van der Waals surface area contributed by atoms with Gasteiger partial charge >= 0.3 is 5.97 Å². The molecule has 0 amide bonds. The highest BCUT2D eigenvalue weighted by atomic mass is 16.5. The fourth-order valence-corrected chi connectivity index (χ4v) is 25.2. The lowest BCUT2D eigenvalue weighted by atomic mass is 9.48. The molecule has 1 atom stereocenters. The molecular formula is C65H9NO2. The molecule has 2 spiro atoms. The second-order valence-corrected chi connectivity index (χ2v) is 25.0. The van der Waals surface area contributed by atoms with Crippen molar-refractivity contribution in [1.29, 1.82) is 0 Å². The van der Waals surface area contributed by atoms with E-state index in [9.17, 15) is 0 Å². The van der Waals surface area contributed by atoms with E-state index in [1.807, 2.05) is 6.92 Å². The molecule has 1 fully saturated rings. The Morgan fingerprint density at radius 2 is 0.500 bits per heavy atom. The summed E-state index contributed by atoms with van der Waals surface area (Å²) in [5, 5.41) is 90.3. The van der Waals surface area contributed by atoms with E-state index in [2.05, 4.69) is 5.32 Å². The minimum absolute atomic E-state index is 0.0538. The Balaban J connectivity index is 1.22. The molecule has 1 heterocycles. The summed E-state index contributed by atoms with van der Waals surface area (Å²) in [6.45, 7) is 3.16. The normalized spacial score (nSPS) is 23.9. The molecule has 1 aliphatic heterocycles. The molecule has 33 rings (SSSR count). The quantitative estimate of drug-likeness (QED) is 0.139. The van der Waals surface area contributed by atoms with E-state index in [0.29, 0.717) is 6.61 Å². The lowest BCUT2D eigenvalue weighted by Gasteiger charge is -2.51. The first-order valence-electron chi connectivity index (χ1n) is 25.5. The third kappa shape index (κ3) is 1.27. The molecular weight excluding hydrogens is 827 g/mol. The molecule has 0 bridgehead atoms. The minimum Gasteiger partial charge on any atom is -0.465 e. The van der Waals surface area contributed by atoms with E-state index in [-0.39, 0.29) is 5.97 Å². The van der Waals surface area contributed by atoms with Crippen molar-refractivity contribution >= 4 is 297 Å². The molecule has 3 nitrogen and oxygen atoms in total. The van der Waals surface area contributed by atoms with Crippen LogP contribution in [0, 0.1) is 0 Å². The molecule has 5 aliphatic rings. The predicted molar refractivity (Wildman–Crippen MR) is 282 cm³/mol. The van der Waals surface area contributed by atoms with Gasteiger partial charge in [0.2, 0.25) is 0 Å². The number of hydrogen-bond acceptors (Lipinski definition) is 3. The summed E-state index contributed by atoms with van der Waals surface area (Å²) in [5.41, 5.74) is 5.14. The summed E-state index contributed by atoms with van der Waals surface area (Å²) in [4.78, 5) is 15.7. The first-order valence-corrected chi connectivity index (χ1v) is 25.5. The first kappa shape index (κ1) is 25.1. The van der Waals surface area contributed by atoms with Gasteiger partial charge in [-0.05, 0) is 320 Å². The molecule has 0 radical (unpaired) electrons. The van der Waals surface area contributed by atoms with Crippen molar-refractivity contribution in [3.05, 3.63) is 22.3 Å². The number of hydrogen-bond donors (Lipinski definition) is 1. The summed E-state index contributed by atoms with van der Waals surface area (Å²) >= 11 is 0. The number of nitrogens with one attached hydrogen (secondary N) is 1. The van der Waals surface area contributed by atoms with Crippen LogP contribution < -0.4 is 5.32 Å². The second kappa shape index (κ2) is 5.59. The van der Waals surface area contributed by atoms with Crippen molar-refractivity contribution < 1.29 is 9.53 Å². The lowest BCUT2D eigenvalue weighted by molar-refractivity contribution is -0.146. The molecule has 286 valence electrons. The van der Waals surface area contributed by atoms with Gasteiger partial charge in [0, 0.05) is 6.54 Å². The number of benzene rings is 18. The maximum atomic E-state index is 15.7. The Labute approximate surface area is 369 Å². The largest absolute Gasteiger partial charge is 0.465 e. The molecule has 1 N–H and O–H groups in total. The highest BCUT2D eigenvalue weighted by molar-refractivity contribution is 6.82. The number of esters is 1. The molecule has 1 saturated heterocycles. The van der Waals surface area contributed by atoms with Crippen LogP contribution in [0.1, 0.15) is 29.2 Å². The molecule has 0 saturated carbocycles. The van der Waals surface area contributed by atoms with Gasteiger partial charge in [-0.3, -0.25) is 4.79 Å². The van der Waals surface area contributed by atoms with E-state index in [1.165, 1.54) is 32.7 Å².